The van der Waals surface area contributed by atoms with E-state index in [0.717, 1.165) is 51.6 Å². The Morgan fingerprint density at radius 3 is 2.62 bits per heavy atom. The van der Waals surface area contributed by atoms with E-state index in [2.05, 4.69) is 15.0 Å². The third-order valence-electron chi connectivity index (χ3n) is 4.66. The largest absolute Gasteiger partial charge is 0.468 e. The number of nitrogens with zero attached hydrogens (tertiary/aromatic N) is 3. The first kappa shape index (κ1) is 14.4. The highest BCUT2D eigenvalue weighted by molar-refractivity contribution is 5.77. The Kier molecular flexibility index (Phi) is 4.41. The monoisotopic (exact) mass is 293 g/mol. The molecule has 1 aliphatic heterocycles. The van der Waals surface area contributed by atoms with Crippen LogP contribution in [0.3, 0.4) is 0 Å². The SMILES string of the molecule is COC(=O)C(c1nc(N2CCCCC2)no1)C1CCCC1. The molecule has 6 heteroatoms. The standard InChI is InChI=1S/C15H23N3O3/c1-20-14(19)12(11-7-3-4-8-11)13-16-15(17-21-13)18-9-5-2-6-10-18/h11-12H,2-10H2,1H3. The molecule has 116 valence electrons. The number of esters is 1. The topological polar surface area (TPSA) is 68.5 Å². The highest BCUT2D eigenvalue weighted by Crippen LogP contribution is 2.38. The van der Waals surface area contributed by atoms with Crippen molar-refractivity contribution in [3.63, 3.8) is 0 Å². The fourth-order valence-electron chi connectivity index (χ4n) is 3.49. The van der Waals surface area contributed by atoms with Gasteiger partial charge in [-0.2, -0.15) is 4.98 Å². The summed E-state index contributed by atoms with van der Waals surface area (Å²) in [5, 5.41) is 4.08. The van der Waals surface area contributed by atoms with Crippen LogP contribution in [0.5, 0.6) is 0 Å². The summed E-state index contributed by atoms with van der Waals surface area (Å²) in [4.78, 5) is 18.8. The molecule has 21 heavy (non-hydrogen) atoms. The van der Waals surface area contributed by atoms with Gasteiger partial charge in [0.05, 0.1) is 7.11 Å². The lowest BCUT2D eigenvalue weighted by Gasteiger charge is -2.24. The summed E-state index contributed by atoms with van der Waals surface area (Å²) < 4.78 is 10.4. The normalized spacial score (nSPS) is 21.5. The van der Waals surface area contributed by atoms with Crippen molar-refractivity contribution in [2.24, 2.45) is 5.92 Å². The molecule has 0 aromatic carbocycles. The van der Waals surface area contributed by atoms with Crippen molar-refractivity contribution in [1.82, 2.24) is 10.1 Å². The zero-order valence-corrected chi connectivity index (χ0v) is 12.6. The van der Waals surface area contributed by atoms with Crippen molar-refractivity contribution in [3.8, 4) is 0 Å². The van der Waals surface area contributed by atoms with Crippen LogP contribution in [-0.2, 0) is 9.53 Å². The second-order valence-corrected chi connectivity index (χ2v) is 6.03. The molecule has 2 heterocycles. The van der Waals surface area contributed by atoms with Crippen LogP contribution >= 0.6 is 0 Å². The molecule has 0 spiro atoms. The summed E-state index contributed by atoms with van der Waals surface area (Å²) >= 11 is 0. The maximum atomic E-state index is 12.1. The third-order valence-corrected chi connectivity index (χ3v) is 4.66. The number of carbonyl (C=O) groups is 1. The zero-order valence-electron chi connectivity index (χ0n) is 12.6. The number of methoxy groups -OCH3 is 1. The first-order valence-corrected chi connectivity index (χ1v) is 7.96. The summed E-state index contributed by atoms with van der Waals surface area (Å²) in [6.45, 7) is 1.93. The van der Waals surface area contributed by atoms with Gasteiger partial charge in [-0.1, -0.05) is 12.8 Å². The highest BCUT2D eigenvalue weighted by Gasteiger charge is 2.37. The number of anilines is 1. The predicted octanol–water partition coefficient (Wildman–Crippen LogP) is 2.51. The lowest BCUT2D eigenvalue weighted by atomic mass is 9.91. The summed E-state index contributed by atoms with van der Waals surface area (Å²) in [7, 11) is 1.42. The maximum Gasteiger partial charge on any atom is 0.318 e. The molecule has 1 aromatic heterocycles. The molecule has 1 aromatic rings. The van der Waals surface area contributed by atoms with Gasteiger partial charge in [0.15, 0.2) is 0 Å². The van der Waals surface area contributed by atoms with Gasteiger partial charge in [0, 0.05) is 13.1 Å². The Balaban J connectivity index is 1.78. The third kappa shape index (κ3) is 3.04. The van der Waals surface area contributed by atoms with Gasteiger partial charge >= 0.3 is 5.97 Å². The minimum Gasteiger partial charge on any atom is -0.468 e. The number of rotatable bonds is 4. The molecule has 0 bridgehead atoms. The lowest BCUT2D eigenvalue weighted by molar-refractivity contribution is -0.144. The summed E-state index contributed by atoms with van der Waals surface area (Å²) in [6.07, 6.45) is 7.95. The Hall–Kier alpha value is -1.59. The second kappa shape index (κ2) is 6.45. The van der Waals surface area contributed by atoms with Crippen LogP contribution in [0.2, 0.25) is 0 Å². The van der Waals surface area contributed by atoms with Gasteiger partial charge < -0.3 is 14.2 Å². The Labute approximate surface area is 124 Å². The molecule has 3 rings (SSSR count). The average molecular weight is 293 g/mol. The van der Waals surface area contributed by atoms with E-state index in [1.807, 2.05) is 0 Å². The molecule has 1 saturated carbocycles. The van der Waals surface area contributed by atoms with Crippen LogP contribution in [0.15, 0.2) is 4.52 Å². The summed E-state index contributed by atoms with van der Waals surface area (Å²) in [5.74, 6) is 0.664. The molecule has 1 unspecified atom stereocenters. The van der Waals surface area contributed by atoms with Gasteiger partial charge in [-0.15, -0.1) is 0 Å². The van der Waals surface area contributed by atoms with Crippen LogP contribution in [-0.4, -0.2) is 36.3 Å². The Bertz CT molecular complexity index is 476. The van der Waals surface area contributed by atoms with Crippen molar-refractivity contribution in [2.75, 3.05) is 25.1 Å². The van der Waals surface area contributed by atoms with Gasteiger partial charge in [-0.05, 0) is 43.2 Å². The molecular formula is C15H23N3O3. The molecule has 0 radical (unpaired) electrons. The van der Waals surface area contributed by atoms with E-state index in [-0.39, 0.29) is 11.9 Å². The van der Waals surface area contributed by atoms with Crippen molar-refractivity contribution < 1.29 is 14.1 Å². The van der Waals surface area contributed by atoms with E-state index in [0.29, 0.717) is 11.8 Å². The molecule has 6 nitrogen and oxygen atoms in total. The molecule has 1 saturated heterocycles. The number of carbonyl (C=O) groups excluding carboxylic acids is 1. The van der Waals surface area contributed by atoms with Crippen molar-refractivity contribution in [3.05, 3.63) is 5.89 Å². The first-order chi connectivity index (χ1) is 10.3. The van der Waals surface area contributed by atoms with E-state index < -0.39 is 5.92 Å². The van der Waals surface area contributed by atoms with Gasteiger partial charge in [-0.25, -0.2) is 0 Å². The van der Waals surface area contributed by atoms with Gasteiger partial charge in [0.25, 0.3) is 5.95 Å². The minimum absolute atomic E-state index is 0.254. The lowest BCUT2D eigenvalue weighted by Crippen LogP contribution is -2.30. The number of hydrogen-bond acceptors (Lipinski definition) is 6. The van der Waals surface area contributed by atoms with E-state index in [1.165, 1.54) is 13.5 Å². The molecule has 0 N–H and O–H groups in total. The molecule has 1 aliphatic carbocycles. The van der Waals surface area contributed by atoms with Gasteiger partial charge in [0.2, 0.25) is 5.89 Å². The smallest absolute Gasteiger partial charge is 0.318 e. The Morgan fingerprint density at radius 2 is 1.95 bits per heavy atom. The van der Waals surface area contributed by atoms with Crippen LogP contribution in [0.4, 0.5) is 5.95 Å². The average Bonchev–Trinajstić information content (AvgIpc) is 3.20. The van der Waals surface area contributed by atoms with E-state index >= 15 is 0 Å². The Morgan fingerprint density at radius 1 is 1.24 bits per heavy atom. The maximum absolute atomic E-state index is 12.1. The fraction of sp³-hybridized carbons (Fsp3) is 0.800. The molecular weight excluding hydrogens is 270 g/mol. The fourth-order valence-corrected chi connectivity index (χ4v) is 3.49. The van der Waals surface area contributed by atoms with Crippen LogP contribution in [0, 0.1) is 5.92 Å². The van der Waals surface area contributed by atoms with Crippen molar-refractivity contribution in [2.45, 2.75) is 50.9 Å². The van der Waals surface area contributed by atoms with Gasteiger partial charge in [0.1, 0.15) is 5.92 Å². The highest BCUT2D eigenvalue weighted by atomic mass is 16.5. The summed E-state index contributed by atoms with van der Waals surface area (Å²) in [6, 6.07) is 0. The molecule has 1 atom stereocenters. The minimum atomic E-state index is -0.399. The zero-order chi connectivity index (χ0) is 14.7. The van der Waals surface area contributed by atoms with E-state index in [4.69, 9.17) is 9.26 Å². The number of piperidine rings is 1. The first-order valence-electron chi connectivity index (χ1n) is 7.96. The van der Waals surface area contributed by atoms with E-state index in [9.17, 15) is 4.79 Å². The van der Waals surface area contributed by atoms with E-state index in [1.54, 1.807) is 0 Å². The molecule has 2 aliphatic rings. The predicted molar refractivity (Wildman–Crippen MR) is 77.1 cm³/mol. The quantitative estimate of drug-likeness (QED) is 0.795. The number of ether oxygens (including phenoxy) is 1. The molecule has 2 fully saturated rings. The van der Waals surface area contributed by atoms with Crippen LogP contribution < -0.4 is 4.90 Å². The second-order valence-electron chi connectivity index (χ2n) is 6.03. The van der Waals surface area contributed by atoms with Gasteiger partial charge in [-0.3, -0.25) is 4.79 Å². The van der Waals surface area contributed by atoms with Crippen LogP contribution in [0.25, 0.3) is 0 Å². The number of hydrogen-bond donors (Lipinski definition) is 0. The molecule has 0 amide bonds. The van der Waals surface area contributed by atoms with Crippen molar-refractivity contribution >= 4 is 11.9 Å². The number of aromatic nitrogens is 2. The van der Waals surface area contributed by atoms with Crippen LogP contribution in [0.1, 0.15) is 56.8 Å². The summed E-state index contributed by atoms with van der Waals surface area (Å²) in [5.41, 5.74) is 0. The van der Waals surface area contributed by atoms with Crippen molar-refractivity contribution in [1.29, 1.82) is 0 Å².